The molecule has 0 amide bonds. The van der Waals surface area contributed by atoms with E-state index in [4.69, 9.17) is 0 Å². The van der Waals surface area contributed by atoms with Crippen LogP contribution in [0.15, 0.2) is 6.07 Å². The summed E-state index contributed by atoms with van der Waals surface area (Å²) in [5.41, 5.74) is 2.52. The highest BCUT2D eigenvalue weighted by atomic mass is 15.3. The number of aromatic nitrogens is 2. The second-order valence-electron chi connectivity index (χ2n) is 6.25. The van der Waals surface area contributed by atoms with E-state index < -0.39 is 0 Å². The van der Waals surface area contributed by atoms with Gasteiger partial charge < -0.3 is 15.1 Å². The molecule has 102 valence electrons. The maximum absolute atomic E-state index is 4.45. The standard InChI is InChI=1S/C14H21N5/c1-18-6-11-8-19(9-12(11)7-18)14-4-10-5-15-3-2-13(10)16-17-14/h4,11-12,15H,2-3,5-9H2,1H3. The maximum atomic E-state index is 4.45. The molecule has 2 unspecified atom stereocenters. The summed E-state index contributed by atoms with van der Waals surface area (Å²) in [5, 5.41) is 12.3. The molecule has 5 nitrogen and oxygen atoms in total. The van der Waals surface area contributed by atoms with Crippen LogP contribution in [0.2, 0.25) is 0 Å². The quantitative estimate of drug-likeness (QED) is 0.776. The molecule has 1 N–H and O–H groups in total. The van der Waals surface area contributed by atoms with Gasteiger partial charge in [-0.1, -0.05) is 0 Å². The molecule has 5 heteroatoms. The number of rotatable bonds is 1. The first kappa shape index (κ1) is 11.6. The Morgan fingerprint density at radius 3 is 2.74 bits per heavy atom. The van der Waals surface area contributed by atoms with Gasteiger partial charge in [-0.2, -0.15) is 5.10 Å². The molecule has 0 aliphatic carbocycles. The summed E-state index contributed by atoms with van der Waals surface area (Å²) >= 11 is 0. The van der Waals surface area contributed by atoms with Crippen LogP contribution in [-0.4, -0.2) is 54.9 Å². The molecule has 2 saturated heterocycles. The van der Waals surface area contributed by atoms with Crippen molar-refractivity contribution >= 4 is 5.82 Å². The van der Waals surface area contributed by atoms with Crippen LogP contribution in [0.3, 0.4) is 0 Å². The number of anilines is 1. The van der Waals surface area contributed by atoms with Gasteiger partial charge in [-0.25, -0.2) is 0 Å². The molecule has 4 rings (SSSR count). The first-order valence-corrected chi connectivity index (χ1v) is 7.29. The van der Waals surface area contributed by atoms with E-state index in [1.807, 2.05) is 0 Å². The number of nitrogens with zero attached hydrogens (tertiary/aromatic N) is 4. The minimum absolute atomic E-state index is 0.820. The van der Waals surface area contributed by atoms with E-state index in [1.165, 1.54) is 24.3 Å². The zero-order valence-electron chi connectivity index (χ0n) is 11.5. The average molecular weight is 259 g/mol. The molecule has 3 aliphatic rings. The van der Waals surface area contributed by atoms with Gasteiger partial charge in [0.1, 0.15) is 0 Å². The van der Waals surface area contributed by atoms with Gasteiger partial charge in [0.15, 0.2) is 5.82 Å². The lowest BCUT2D eigenvalue weighted by Gasteiger charge is -2.22. The third-order valence-corrected chi connectivity index (χ3v) is 4.79. The van der Waals surface area contributed by atoms with Crippen LogP contribution in [0.25, 0.3) is 0 Å². The topological polar surface area (TPSA) is 44.3 Å². The number of likely N-dealkylation sites (tertiary alicyclic amines) is 1. The van der Waals surface area contributed by atoms with Crippen molar-refractivity contribution in [3.63, 3.8) is 0 Å². The monoisotopic (exact) mass is 259 g/mol. The first-order chi connectivity index (χ1) is 9.29. The lowest BCUT2D eigenvalue weighted by atomic mass is 10.0. The number of nitrogens with one attached hydrogen (secondary N) is 1. The summed E-state index contributed by atoms with van der Waals surface area (Å²) in [4.78, 5) is 4.89. The van der Waals surface area contributed by atoms with Crippen LogP contribution in [0.4, 0.5) is 5.82 Å². The minimum Gasteiger partial charge on any atom is -0.354 e. The Morgan fingerprint density at radius 1 is 1.16 bits per heavy atom. The summed E-state index contributed by atoms with van der Waals surface area (Å²) in [6.45, 7) is 6.75. The van der Waals surface area contributed by atoms with Crippen LogP contribution in [0.5, 0.6) is 0 Å². The molecule has 1 aromatic heterocycles. The van der Waals surface area contributed by atoms with Gasteiger partial charge in [-0.05, 0) is 30.5 Å². The minimum atomic E-state index is 0.820. The molecule has 0 saturated carbocycles. The van der Waals surface area contributed by atoms with E-state index in [-0.39, 0.29) is 0 Å². The van der Waals surface area contributed by atoms with Gasteiger partial charge in [0.2, 0.25) is 0 Å². The fourth-order valence-electron chi connectivity index (χ4n) is 3.81. The van der Waals surface area contributed by atoms with Crippen molar-refractivity contribution in [3.05, 3.63) is 17.3 Å². The summed E-state index contributed by atoms with van der Waals surface area (Å²) in [5.74, 6) is 2.72. The molecule has 2 fully saturated rings. The van der Waals surface area contributed by atoms with Crippen LogP contribution < -0.4 is 10.2 Å². The van der Waals surface area contributed by atoms with Gasteiger partial charge in [0, 0.05) is 45.7 Å². The zero-order valence-corrected chi connectivity index (χ0v) is 11.5. The average Bonchev–Trinajstić information content (AvgIpc) is 2.95. The molecule has 4 heterocycles. The largest absolute Gasteiger partial charge is 0.354 e. The molecule has 19 heavy (non-hydrogen) atoms. The van der Waals surface area contributed by atoms with Gasteiger partial charge in [-0.3, -0.25) is 0 Å². The second kappa shape index (κ2) is 4.42. The SMILES string of the molecule is CN1CC2CN(c3cc4c(nn3)CCNC4)CC2C1. The maximum Gasteiger partial charge on any atom is 0.151 e. The molecule has 0 spiro atoms. The molecule has 3 aliphatic heterocycles. The summed E-state index contributed by atoms with van der Waals surface area (Å²) in [7, 11) is 2.23. The van der Waals surface area contributed by atoms with E-state index in [2.05, 4.69) is 38.4 Å². The van der Waals surface area contributed by atoms with Crippen molar-refractivity contribution in [3.8, 4) is 0 Å². The highest BCUT2D eigenvalue weighted by Crippen LogP contribution is 2.32. The third-order valence-electron chi connectivity index (χ3n) is 4.79. The van der Waals surface area contributed by atoms with Crippen LogP contribution >= 0.6 is 0 Å². The summed E-state index contributed by atoms with van der Waals surface area (Å²) in [6.07, 6.45) is 1.01. The third kappa shape index (κ3) is 2.01. The Kier molecular flexibility index (Phi) is 2.70. The van der Waals surface area contributed by atoms with Gasteiger partial charge in [0.25, 0.3) is 0 Å². The number of hydrogen-bond acceptors (Lipinski definition) is 5. The molecule has 1 aromatic rings. The number of hydrogen-bond donors (Lipinski definition) is 1. The predicted octanol–water partition coefficient (Wildman–Crippen LogP) is 0.120. The first-order valence-electron chi connectivity index (χ1n) is 7.29. The van der Waals surface area contributed by atoms with Crippen LogP contribution in [0.1, 0.15) is 11.3 Å². The Morgan fingerprint density at radius 2 is 1.95 bits per heavy atom. The Balaban J connectivity index is 1.54. The number of fused-ring (bicyclic) bond motifs is 2. The van der Waals surface area contributed by atoms with E-state index in [0.29, 0.717) is 0 Å². The Hall–Kier alpha value is -1.20. The van der Waals surface area contributed by atoms with Crippen molar-refractivity contribution in [2.24, 2.45) is 11.8 Å². The molecule has 2 atom stereocenters. The van der Waals surface area contributed by atoms with Crippen molar-refractivity contribution in [1.29, 1.82) is 0 Å². The van der Waals surface area contributed by atoms with E-state index in [9.17, 15) is 0 Å². The highest BCUT2D eigenvalue weighted by Gasteiger charge is 2.39. The predicted molar refractivity (Wildman–Crippen MR) is 74.1 cm³/mol. The zero-order chi connectivity index (χ0) is 12.8. The summed E-state index contributed by atoms with van der Waals surface area (Å²) in [6, 6.07) is 2.25. The van der Waals surface area contributed by atoms with Gasteiger partial charge >= 0.3 is 0 Å². The van der Waals surface area contributed by atoms with Gasteiger partial charge in [-0.15, -0.1) is 5.10 Å². The molecule has 0 bridgehead atoms. The molecule has 0 radical (unpaired) electrons. The van der Waals surface area contributed by atoms with E-state index in [0.717, 1.165) is 50.3 Å². The highest BCUT2D eigenvalue weighted by molar-refractivity contribution is 5.43. The smallest absolute Gasteiger partial charge is 0.151 e. The Bertz CT molecular complexity index is 475. The van der Waals surface area contributed by atoms with Crippen molar-refractivity contribution < 1.29 is 0 Å². The van der Waals surface area contributed by atoms with Crippen molar-refractivity contribution in [1.82, 2.24) is 20.4 Å². The Labute approximate surface area is 114 Å². The van der Waals surface area contributed by atoms with Crippen LogP contribution in [0, 0.1) is 11.8 Å². The lowest BCUT2D eigenvalue weighted by Crippen LogP contribution is -2.29. The second-order valence-corrected chi connectivity index (χ2v) is 6.25. The normalized spacial score (nSPS) is 30.5. The molecular formula is C14H21N5. The molecular weight excluding hydrogens is 238 g/mol. The van der Waals surface area contributed by atoms with Gasteiger partial charge in [0.05, 0.1) is 5.69 Å². The van der Waals surface area contributed by atoms with Crippen LogP contribution in [-0.2, 0) is 13.0 Å². The fourth-order valence-corrected chi connectivity index (χ4v) is 3.81. The van der Waals surface area contributed by atoms with E-state index in [1.54, 1.807) is 0 Å². The lowest BCUT2D eigenvalue weighted by molar-refractivity contribution is 0.386. The van der Waals surface area contributed by atoms with Crippen molar-refractivity contribution in [2.45, 2.75) is 13.0 Å². The molecule has 0 aromatic carbocycles. The van der Waals surface area contributed by atoms with Crippen molar-refractivity contribution in [2.75, 3.05) is 44.7 Å². The van der Waals surface area contributed by atoms with E-state index >= 15 is 0 Å². The summed E-state index contributed by atoms with van der Waals surface area (Å²) < 4.78 is 0. The fraction of sp³-hybridized carbons (Fsp3) is 0.714.